The largest absolute Gasteiger partial charge is 0.494 e. The summed E-state index contributed by atoms with van der Waals surface area (Å²) in [5.41, 5.74) is 3.48. The average molecular weight is 309 g/mol. The third-order valence-corrected chi connectivity index (χ3v) is 3.76. The lowest BCUT2D eigenvalue weighted by Crippen LogP contribution is -1.95. The highest BCUT2D eigenvalue weighted by molar-refractivity contribution is 5.81. The number of hydrogen-bond donors (Lipinski definition) is 0. The predicted molar refractivity (Wildman–Crippen MR) is 99.2 cm³/mol. The van der Waals surface area contributed by atoms with Gasteiger partial charge in [0.25, 0.3) is 0 Å². The fourth-order valence-electron chi connectivity index (χ4n) is 2.26. The maximum absolute atomic E-state index is 5.66. The molecule has 2 rings (SSSR count). The van der Waals surface area contributed by atoms with Crippen LogP contribution in [0.4, 0.5) is 5.69 Å². The van der Waals surface area contributed by atoms with Crippen LogP contribution in [-0.4, -0.2) is 12.8 Å². The smallest absolute Gasteiger partial charge is 0.119 e. The molecule has 2 nitrogen and oxygen atoms in total. The molecule has 2 aromatic carbocycles. The molecule has 23 heavy (non-hydrogen) atoms. The summed E-state index contributed by atoms with van der Waals surface area (Å²) in [6.07, 6.45) is 7.80. The van der Waals surface area contributed by atoms with E-state index in [0.29, 0.717) is 0 Å². The normalized spacial score (nSPS) is 11.0. The number of benzene rings is 2. The molecule has 0 amide bonds. The molecular formula is C21H27NO. The van der Waals surface area contributed by atoms with Crippen LogP contribution in [0.2, 0.25) is 0 Å². The lowest BCUT2D eigenvalue weighted by molar-refractivity contribution is 0.309. The summed E-state index contributed by atoms with van der Waals surface area (Å²) in [7, 11) is 0. The van der Waals surface area contributed by atoms with E-state index in [1.54, 1.807) is 0 Å². The van der Waals surface area contributed by atoms with Crippen LogP contribution >= 0.6 is 0 Å². The Labute approximate surface area is 140 Å². The fraction of sp³-hybridized carbons (Fsp3) is 0.381. The van der Waals surface area contributed by atoms with Gasteiger partial charge in [-0.2, -0.15) is 0 Å². The standard InChI is InChI=1S/C21H27NO/c1-3-5-7-18-8-10-19(11-9-18)17-22-20-12-14-21(15-13-20)23-16-6-4-2/h8-15,17H,3-7,16H2,1-2H3/b22-17+. The molecule has 0 bridgehead atoms. The highest BCUT2D eigenvalue weighted by Crippen LogP contribution is 2.18. The molecular weight excluding hydrogens is 282 g/mol. The highest BCUT2D eigenvalue weighted by Gasteiger charge is 1.95. The molecule has 0 aromatic heterocycles. The zero-order valence-corrected chi connectivity index (χ0v) is 14.3. The molecule has 0 unspecified atom stereocenters. The van der Waals surface area contributed by atoms with Gasteiger partial charge in [-0.3, -0.25) is 4.99 Å². The molecule has 0 aliphatic carbocycles. The van der Waals surface area contributed by atoms with Gasteiger partial charge >= 0.3 is 0 Å². The number of nitrogens with zero attached hydrogens (tertiary/aromatic N) is 1. The molecule has 0 heterocycles. The van der Waals surface area contributed by atoms with E-state index in [9.17, 15) is 0 Å². The van der Waals surface area contributed by atoms with Gasteiger partial charge < -0.3 is 4.74 Å². The molecule has 0 atom stereocenters. The molecule has 0 fully saturated rings. The number of unbranched alkanes of at least 4 members (excludes halogenated alkanes) is 2. The van der Waals surface area contributed by atoms with Crippen molar-refractivity contribution in [2.75, 3.05) is 6.61 Å². The van der Waals surface area contributed by atoms with Gasteiger partial charge in [0.2, 0.25) is 0 Å². The van der Waals surface area contributed by atoms with E-state index in [4.69, 9.17) is 4.74 Å². The Bertz CT molecular complexity index is 584. The van der Waals surface area contributed by atoms with Crippen LogP contribution < -0.4 is 4.74 Å². The van der Waals surface area contributed by atoms with E-state index < -0.39 is 0 Å². The van der Waals surface area contributed by atoms with Crippen molar-refractivity contribution in [3.05, 3.63) is 59.7 Å². The van der Waals surface area contributed by atoms with E-state index in [2.05, 4.69) is 43.1 Å². The third kappa shape index (κ3) is 6.27. The Morgan fingerprint density at radius 1 is 0.870 bits per heavy atom. The Balaban J connectivity index is 1.89. The van der Waals surface area contributed by atoms with Crippen molar-refractivity contribution in [1.82, 2.24) is 0 Å². The minimum atomic E-state index is 0.781. The summed E-state index contributed by atoms with van der Waals surface area (Å²) in [6.45, 7) is 5.17. The Morgan fingerprint density at radius 2 is 1.57 bits per heavy atom. The van der Waals surface area contributed by atoms with Gasteiger partial charge in [-0.1, -0.05) is 51.0 Å². The van der Waals surface area contributed by atoms with Crippen molar-refractivity contribution in [1.29, 1.82) is 0 Å². The zero-order valence-electron chi connectivity index (χ0n) is 14.3. The van der Waals surface area contributed by atoms with E-state index in [1.165, 1.54) is 18.4 Å². The first-order chi connectivity index (χ1) is 11.3. The lowest BCUT2D eigenvalue weighted by Gasteiger charge is -2.04. The van der Waals surface area contributed by atoms with Crippen LogP contribution in [0.15, 0.2) is 53.5 Å². The van der Waals surface area contributed by atoms with E-state index >= 15 is 0 Å². The molecule has 2 aromatic rings. The Morgan fingerprint density at radius 3 is 2.22 bits per heavy atom. The second-order valence-electron chi connectivity index (χ2n) is 5.80. The van der Waals surface area contributed by atoms with Gasteiger partial charge in [0, 0.05) is 6.21 Å². The van der Waals surface area contributed by atoms with Gasteiger partial charge in [-0.25, -0.2) is 0 Å². The molecule has 0 saturated carbocycles. The first-order valence-electron chi connectivity index (χ1n) is 8.67. The quantitative estimate of drug-likeness (QED) is 0.414. The van der Waals surface area contributed by atoms with Crippen molar-refractivity contribution in [3.8, 4) is 5.75 Å². The summed E-state index contributed by atoms with van der Waals surface area (Å²) in [4.78, 5) is 4.53. The number of rotatable bonds is 9. The predicted octanol–water partition coefficient (Wildman–Crippen LogP) is 5.96. The summed E-state index contributed by atoms with van der Waals surface area (Å²) >= 11 is 0. The summed E-state index contributed by atoms with van der Waals surface area (Å²) in [5.74, 6) is 0.915. The monoisotopic (exact) mass is 309 g/mol. The molecule has 0 aliphatic rings. The molecule has 2 heteroatoms. The minimum absolute atomic E-state index is 0.781. The van der Waals surface area contributed by atoms with E-state index in [1.807, 2.05) is 30.5 Å². The van der Waals surface area contributed by atoms with Gasteiger partial charge in [0.05, 0.1) is 12.3 Å². The molecule has 0 radical (unpaired) electrons. The third-order valence-electron chi connectivity index (χ3n) is 3.76. The van der Waals surface area contributed by atoms with Gasteiger partial charge in [0.15, 0.2) is 0 Å². The van der Waals surface area contributed by atoms with Gasteiger partial charge in [0.1, 0.15) is 5.75 Å². The Hall–Kier alpha value is -2.09. The number of aryl methyl sites for hydroxylation is 1. The fourth-order valence-corrected chi connectivity index (χ4v) is 2.26. The van der Waals surface area contributed by atoms with Crippen LogP contribution in [-0.2, 0) is 6.42 Å². The second-order valence-corrected chi connectivity index (χ2v) is 5.80. The molecule has 0 saturated heterocycles. The molecule has 122 valence electrons. The summed E-state index contributed by atoms with van der Waals surface area (Å²) in [6, 6.07) is 16.6. The highest BCUT2D eigenvalue weighted by atomic mass is 16.5. The van der Waals surface area contributed by atoms with Crippen molar-refractivity contribution in [3.63, 3.8) is 0 Å². The summed E-state index contributed by atoms with van der Waals surface area (Å²) in [5, 5.41) is 0. The van der Waals surface area contributed by atoms with Crippen molar-refractivity contribution >= 4 is 11.9 Å². The zero-order chi connectivity index (χ0) is 16.3. The van der Waals surface area contributed by atoms with Crippen LogP contribution in [0.25, 0.3) is 0 Å². The van der Waals surface area contributed by atoms with E-state index in [0.717, 1.165) is 42.9 Å². The first kappa shape index (κ1) is 17.3. The van der Waals surface area contributed by atoms with Crippen molar-refractivity contribution in [2.24, 2.45) is 4.99 Å². The first-order valence-corrected chi connectivity index (χ1v) is 8.67. The maximum Gasteiger partial charge on any atom is 0.119 e. The lowest BCUT2D eigenvalue weighted by atomic mass is 10.1. The SMILES string of the molecule is CCCCOc1ccc(/N=C/c2ccc(CCCC)cc2)cc1. The number of ether oxygens (including phenoxy) is 1. The van der Waals surface area contributed by atoms with E-state index in [-0.39, 0.29) is 0 Å². The van der Waals surface area contributed by atoms with Gasteiger partial charge in [-0.15, -0.1) is 0 Å². The maximum atomic E-state index is 5.66. The second kappa shape index (κ2) is 9.83. The molecule has 0 spiro atoms. The van der Waals surface area contributed by atoms with Crippen LogP contribution in [0.1, 0.15) is 50.7 Å². The van der Waals surface area contributed by atoms with Crippen molar-refractivity contribution in [2.45, 2.75) is 46.0 Å². The van der Waals surface area contributed by atoms with Crippen molar-refractivity contribution < 1.29 is 4.74 Å². The van der Waals surface area contributed by atoms with Crippen LogP contribution in [0.5, 0.6) is 5.75 Å². The number of aliphatic imine (C=N–C) groups is 1. The van der Waals surface area contributed by atoms with Gasteiger partial charge in [-0.05, 0) is 54.7 Å². The molecule has 0 aliphatic heterocycles. The van der Waals surface area contributed by atoms with Crippen LogP contribution in [0.3, 0.4) is 0 Å². The minimum Gasteiger partial charge on any atom is -0.494 e. The number of hydrogen-bond acceptors (Lipinski definition) is 2. The topological polar surface area (TPSA) is 21.6 Å². The van der Waals surface area contributed by atoms with Crippen LogP contribution in [0, 0.1) is 0 Å². The summed E-state index contributed by atoms with van der Waals surface area (Å²) < 4.78 is 5.66. The average Bonchev–Trinajstić information content (AvgIpc) is 2.60. The Kier molecular flexibility index (Phi) is 7.38. The molecule has 0 N–H and O–H groups in total.